The fourth-order valence-electron chi connectivity index (χ4n) is 1.02. The van der Waals surface area contributed by atoms with Crippen LogP contribution in [0.5, 0.6) is 5.75 Å². The summed E-state index contributed by atoms with van der Waals surface area (Å²) in [6, 6.07) is 5.88. The summed E-state index contributed by atoms with van der Waals surface area (Å²) in [5, 5.41) is 10.2. The summed E-state index contributed by atoms with van der Waals surface area (Å²) in [6.45, 7) is 1.86. The fourth-order valence-corrected chi connectivity index (χ4v) is 1.02. The molecule has 1 aromatic carbocycles. The number of ether oxygens (including phenoxy) is 2. The monoisotopic (exact) mass is 209 g/mol. The van der Waals surface area contributed by atoms with E-state index < -0.39 is 12.1 Å². The zero-order valence-electron chi connectivity index (χ0n) is 8.06. The van der Waals surface area contributed by atoms with Gasteiger partial charge >= 0.3 is 5.97 Å². The van der Waals surface area contributed by atoms with Crippen LogP contribution in [0.1, 0.15) is 17.3 Å². The van der Waals surface area contributed by atoms with Crippen LogP contribution in [0.2, 0.25) is 0 Å². The van der Waals surface area contributed by atoms with Gasteiger partial charge in [-0.15, -0.1) is 0 Å². The first kappa shape index (κ1) is 11.0. The molecule has 15 heavy (non-hydrogen) atoms. The topological polar surface area (TPSA) is 75.7 Å². The third kappa shape index (κ3) is 2.98. The zero-order chi connectivity index (χ0) is 11.3. The molecule has 5 nitrogen and oxygen atoms in total. The summed E-state index contributed by atoms with van der Waals surface area (Å²) in [4.78, 5) is 21.5. The standard InChI is InChI=1S/C10H10O5/c1-2-14-9(11)7-5-3-4-6-8(7)15-10(12)13/h3-6H,2H2,1H3,(H,12,13)/p-1. The summed E-state index contributed by atoms with van der Waals surface area (Å²) in [5.74, 6) is -0.717. The molecule has 0 spiro atoms. The van der Waals surface area contributed by atoms with E-state index in [1.165, 1.54) is 12.1 Å². The summed E-state index contributed by atoms with van der Waals surface area (Å²) >= 11 is 0. The third-order valence-corrected chi connectivity index (χ3v) is 1.58. The van der Waals surface area contributed by atoms with E-state index in [2.05, 4.69) is 4.74 Å². The zero-order valence-corrected chi connectivity index (χ0v) is 8.06. The second-order valence-electron chi connectivity index (χ2n) is 2.57. The first-order chi connectivity index (χ1) is 7.15. The van der Waals surface area contributed by atoms with Crippen molar-refractivity contribution in [3.8, 4) is 5.75 Å². The molecule has 0 atom stereocenters. The largest absolute Gasteiger partial charge is 0.513 e. The molecule has 0 aromatic heterocycles. The summed E-state index contributed by atoms with van der Waals surface area (Å²) in [7, 11) is 0. The SMILES string of the molecule is CCOC(=O)c1ccccc1OC(=O)[O-]. The summed E-state index contributed by atoms with van der Waals surface area (Å²) in [5.41, 5.74) is 0.0588. The van der Waals surface area contributed by atoms with Crippen molar-refractivity contribution >= 4 is 12.1 Å². The van der Waals surface area contributed by atoms with Crippen molar-refractivity contribution in [2.45, 2.75) is 6.92 Å². The molecule has 0 aliphatic carbocycles. The van der Waals surface area contributed by atoms with Crippen LogP contribution in [0, 0.1) is 0 Å². The second kappa shape index (κ2) is 4.99. The van der Waals surface area contributed by atoms with Gasteiger partial charge in [0.2, 0.25) is 0 Å². The highest BCUT2D eigenvalue weighted by Crippen LogP contribution is 2.18. The first-order valence-corrected chi connectivity index (χ1v) is 4.30. The van der Waals surface area contributed by atoms with Crippen molar-refractivity contribution in [3.63, 3.8) is 0 Å². The molecule has 5 heteroatoms. The van der Waals surface area contributed by atoms with E-state index in [0.29, 0.717) is 0 Å². The minimum Gasteiger partial charge on any atom is -0.513 e. The van der Waals surface area contributed by atoms with Gasteiger partial charge < -0.3 is 19.4 Å². The van der Waals surface area contributed by atoms with Crippen LogP contribution >= 0.6 is 0 Å². The Morgan fingerprint density at radius 1 is 1.33 bits per heavy atom. The van der Waals surface area contributed by atoms with E-state index in [0.717, 1.165) is 0 Å². The lowest BCUT2D eigenvalue weighted by Gasteiger charge is -2.12. The van der Waals surface area contributed by atoms with Crippen molar-refractivity contribution in [1.82, 2.24) is 0 Å². The number of carbonyl (C=O) groups is 2. The Morgan fingerprint density at radius 2 is 2.00 bits per heavy atom. The van der Waals surface area contributed by atoms with Crippen LogP contribution in [0.25, 0.3) is 0 Å². The van der Waals surface area contributed by atoms with Crippen LogP contribution in [0.3, 0.4) is 0 Å². The molecule has 0 fully saturated rings. The molecule has 0 bridgehead atoms. The predicted molar refractivity (Wildman–Crippen MR) is 48.4 cm³/mol. The fraction of sp³-hybridized carbons (Fsp3) is 0.200. The summed E-state index contributed by atoms with van der Waals surface area (Å²) in [6.07, 6.45) is -1.72. The quantitative estimate of drug-likeness (QED) is 0.537. The normalized spacial score (nSPS) is 9.40. The van der Waals surface area contributed by atoms with Gasteiger partial charge in [0.15, 0.2) is 0 Å². The number of carboxylic acid groups (broad SMARTS) is 1. The van der Waals surface area contributed by atoms with E-state index in [4.69, 9.17) is 4.74 Å². The number of benzene rings is 1. The maximum Gasteiger partial charge on any atom is 0.340 e. The molecule has 0 unspecified atom stereocenters. The van der Waals surface area contributed by atoms with Gasteiger partial charge in [0.05, 0.1) is 17.9 Å². The Labute approximate surface area is 86.2 Å². The van der Waals surface area contributed by atoms with E-state index in [9.17, 15) is 14.7 Å². The lowest BCUT2D eigenvalue weighted by molar-refractivity contribution is -0.271. The average molecular weight is 209 g/mol. The Hall–Kier alpha value is -2.04. The molecule has 0 heterocycles. The molecule has 1 aromatic rings. The molecule has 80 valence electrons. The number of hydrogen-bond donors (Lipinski definition) is 0. The van der Waals surface area contributed by atoms with Crippen molar-refractivity contribution in [3.05, 3.63) is 29.8 Å². The molecule has 0 amide bonds. The summed E-state index contributed by atoms with van der Waals surface area (Å²) < 4.78 is 9.04. The molecular formula is C10H9O5-. The lowest BCUT2D eigenvalue weighted by atomic mass is 10.2. The van der Waals surface area contributed by atoms with Gasteiger partial charge in [-0.25, -0.2) is 4.79 Å². The highest BCUT2D eigenvalue weighted by molar-refractivity contribution is 5.93. The Balaban J connectivity index is 2.95. The lowest BCUT2D eigenvalue weighted by Crippen LogP contribution is -2.27. The number of esters is 1. The molecule has 0 aliphatic heterocycles. The van der Waals surface area contributed by atoms with E-state index in [1.807, 2.05) is 0 Å². The highest BCUT2D eigenvalue weighted by atomic mass is 16.7. The second-order valence-corrected chi connectivity index (χ2v) is 2.57. The molecular weight excluding hydrogens is 200 g/mol. The van der Waals surface area contributed by atoms with E-state index in [-0.39, 0.29) is 17.9 Å². The van der Waals surface area contributed by atoms with Crippen molar-refractivity contribution < 1.29 is 24.2 Å². The van der Waals surface area contributed by atoms with Crippen LogP contribution in [-0.4, -0.2) is 18.7 Å². The molecule has 0 saturated heterocycles. The molecule has 1 rings (SSSR count). The van der Waals surface area contributed by atoms with Crippen LogP contribution in [-0.2, 0) is 4.74 Å². The first-order valence-electron chi connectivity index (χ1n) is 4.30. The van der Waals surface area contributed by atoms with Crippen LogP contribution in [0.4, 0.5) is 4.79 Å². The maximum absolute atomic E-state index is 11.3. The number of para-hydroxylation sites is 1. The van der Waals surface area contributed by atoms with Crippen molar-refractivity contribution in [2.75, 3.05) is 6.61 Å². The van der Waals surface area contributed by atoms with Gasteiger partial charge in [0, 0.05) is 0 Å². The van der Waals surface area contributed by atoms with Gasteiger partial charge in [-0.1, -0.05) is 12.1 Å². The Morgan fingerprint density at radius 3 is 2.60 bits per heavy atom. The van der Waals surface area contributed by atoms with Crippen molar-refractivity contribution in [2.24, 2.45) is 0 Å². The minimum atomic E-state index is -1.72. The van der Waals surface area contributed by atoms with Crippen LogP contribution < -0.4 is 9.84 Å². The van der Waals surface area contributed by atoms with E-state index >= 15 is 0 Å². The smallest absolute Gasteiger partial charge is 0.340 e. The van der Waals surface area contributed by atoms with Gasteiger partial charge in [0.1, 0.15) is 0 Å². The Kier molecular flexibility index (Phi) is 3.68. The highest BCUT2D eigenvalue weighted by Gasteiger charge is 2.10. The molecule has 0 aliphatic rings. The third-order valence-electron chi connectivity index (χ3n) is 1.58. The maximum atomic E-state index is 11.3. The molecule has 0 radical (unpaired) electrons. The van der Waals surface area contributed by atoms with Gasteiger partial charge in [-0.05, 0) is 19.1 Å². The number of hydrogen-bond acceptors (Lipinski definition) is 5. The molecule has 0 saturated carbocycles. The van der Waals surface area contributed by atoms with Gasteiger partial charge in [0.25, 0.3) is 6.16 Å². The van der Waals surface area contributed by atoms with Gasteiger partial charge in [-0.2, -0.15) is 0 Å². The van der Waals surface area contributed by atoms with Crippen molar-refractivity contribution in [1.29, 1.82) is 0 Å². The average Bonchev–Trinajstić information content (AvgIpc) is 2.18. The number of rotatable bonds is 3. The van der Waals surface area contributed by atoms with E-state index in [1.54, 1.807) is 19.1 Å². The Bertz CT molecular complexity index is 372. The predicted octanol–water partition coefficient (Wildman–Crippen LogP) is 0.585. The van der Waals surface area contributed by atoms with Gasteiger partial charge in [-0.3, -0.25) is 0 Å². The number of carbonyl (C=O) groups excluding carboxylic acids is 2. The van der Waals surface area contributed by atoms with Crippen LogP contribution in [0.15, 0.2) is 24.3 Å². The minimum absolute atomic E-state index is 0.0588. The molecule has 0 N–H and O–H groups in total.